The summed E-state index contributed by atoms with van der Waals surface area (Å²) in [6.07, 6.45) is 11.3. The first-order valence-electron chi connectivity index (χ1n) is 15.1. The van der Waals surface area contributed by atoms with Crippen molar-refractivity contribution < 1.29 is 9.59 Å². The fraction of sp³-hybridized carbons (Fsp3) is 0.676. The molecule has 1 aromatic heterocycles. The van der Waals surface area contributed by atoms with Crippen LogP contribution in [-0.4, -0.2) is 17.1 Å². The van der Waals surface area contributed by atoms with Gasteiger partial charge in [-0.1, -0.05) is 66.2 Å². The number of nitriles is 1. The molecule has 7 atom stereocenters. The maximum atomic E-state index is 14.6. The molecule has 0 aliphatic heterocycles. The Kier molecular flexibility index (Phi) is 6.34. The molecule has 0 saturated heterocycles. The number of hydrogen-bond donors (Lipinski definition) is 1. The normalized spacial score (nSPS) is 43.3. The van der Waals surface area contributed by atoms with Crippen LogP contribution >= 0.6 is 23.3 Å². The van der Waals surface area contributed by atoms with Crippen LogP contribution in [0.2, 0.25) is 0 Å². The summed E-state index contributed by atoms with van der Waals surface area (Å²) in [6.45, 7) is 15.8. The minimum atomic E-state index is -0.629. The van der Waals surface area contributed by atoms with Crippen LogP contribution in [-0.2, 0) is 9.59 Å². The smallest absolute Gasteiger partial charge is 0.178 e. The number of carbonyl (C=O) groups excluding carboxylic acids is 2. The standard InChI is InChI=1S/C34H44N2O2S2/c1-29(2)12-14-34(36-40-26-9-8-16-39-26)15-13-33(7)27(22(34)19-29)23(37)17-25-31(5)18-21(20-35)28(38)30(3,4)24(31)10-11-32(25,33)6/h8-9,16-18,22,24,27,36H,10-15,19H2,1-7H3/t22?,24-,27?,31-,32+,33+,34-/m0/s1. The van der Waals surface area contributed by atoms with Gasteiger partial charge in [0.2, 0.25) is 0 Å². The molecule has 3 saturated carbocycles. The van der Waals surface area contributed by atoms with Crippen LogP contribution in [0.25, 0.3) is 0 Å². The molecule has 6 heteroatoms. The third-order valence-corrected chi connectivity index (χ3v) is 14.8. The van der Waals surface area contributed by atoms with E-state index in [0.29, 0.717) is 0 Å². The van der Waals surface area contributed by atoms with Gasteiger partial charge in [0.25, 0.3) is 0 Å². The van der Waals surface area contributed by atoms with Gasteiger partial charge in [0, 0.05) is 22.3 Å². The topological polar surface area (TPSA) is 70.0 Å². The van der Waals surface area contributed by atoms with Crippen LogP contribution in [0.15, 0.2) is 45.0 Å². The van der Waals surface area contributed by atoms with Crippen molar-refractivity contribution in [3.8, 4) is 6.07 Å². The van der Waals surface area contributed by atoms with Gasteiger partial charge in [-0.3, -0.25) is 14.3 Å². The molecule has 1 heterocycles. The Morgan fingerprint density at radius 2 is 1.75 bits per heavy atom. The molecule has 1 N–H and O–H groups in total. The van der Waals surface area contributed by atoms with Gasteiger partial charge in [-0.2, -0.15) is 5.26 Å². The quantitative estimate of drug-likeness (QED) is 0.366. The minimum Gasteiger partial charge on any atom is -0.295 e. The van der Waals surface area contributed by atoms with Crippen molar-refractivity contribution in [2.45, 2.75) is 103 Å². The first-order valence-corrected chi connectivity index (χ1v) is 16.8. The summed E-state index contributed by atoms with van der Waals surface area (Å²) >= 11 is 3.53. The molecule has 6 rings (SSSR count). The Balaban J connectivity index is 1.47. The van der Waals surface area contributed by atoms with Gasteiger partial charge in [-0.15, -0.1) is 11.3 Å². The fourth-order valence-corrected chi connectivity index (χ4v) is 12.0. The van der Waals surface area contributed by atoms with Gasteiger partial charge in [-0.25, -0.2) is 0 Å². The summed E-state index contributed by atoms with van der Waals surface area (Å²) in [5.74, 6) is 0.535. The predicted octanol–water partition coefficient (Wildman–Crippen LogP) is 8.32. The first kappa shape index (κ1) is 28.4. The van der Waals surface area contributed by atoms with Crippen LogP contribution in [0.1, 0.15) is 93.4 Å². The van der Waals surface area contributed by atoms with E-state index in [9.17, 15) is 14.9 Å². The van der Waals surface area contributed by atoms with Crippen molar-refractivity contribution in [3.05, 3.63) is 40.8 Å². The Morgan fingerprint density at radius 1 is 1.02 bits per heavy atom. The second-order valence-corrected chi connectivity index (χ2v) is 17.6. The lowest BCUT2D eigenvalue weighted by atomic mass is 9.35. The SMILES string of the molecule is CC1(C)CC[C@]2(NSc3cccs3)CC[C@]3(C)C(C(=O)C=C4[C@@]5(C)C=C(C#N)C(=O)C(C)(C)[C@@H]5CC[C@]43C)C2C1. The van der Waals surface area contributed by atoms with Crippen LogP contribution in [0, 0.1) is 56.2 Å². The highest BCUT2D eigenvalue weighted by molar-refractivity contribution is 7.99. The van der Waals surface area contributed by atoms with E-state index in [0.717, 1.165) is 38.5 Å². The van der Waals surface area contributed by atoms with E-state index in [1.165, 1.54) is 16.2 Å². The number of ketones is 2. The van der Waals surface area contributed by atoms with Crippen LogP contribution in [0.5, 0.6) is 0 Å². The highest BCUT2D eigenvalue weighted by Crippen LogP contribution is 2.73. The molecule has 5 aliphatic carbocycles. The number of Topliss-reactive ketones (excluding diaryl/α,β-unsaturated/α-hetero) is 1. The molecule has 4 nitrogen and oxygen atoms in total. The highest BCUT2D eigenvalue weighted by Gasteiger charge is 2.69. The highest BCUT2D eigenvalue weighted by atomic mass is 32.2. The van der Waals surface area contributed by atoms with Crippen LogP contribution in [0.4, 0.5) is 0 Å². The molecule has 214 valence electrons. The molecule has 0 amide bonds. The van der Waals surface area contributed by atoms with Crippen LogP contribution in [0.3, 0.4) is 0 Å². The number of carbonyl (C=O) groups is 2. The zero-order chi connectivity index (χ0) is 28.9. The molecular formula is C34H44N2O2S2. The number of nitrogens with one attached hydrogen (secondary N) is 1. The van der Waals surface area contributed by atoms with Crippen molar-refractivity contribution in [2.75, 3.05) is 0 Å². The van der Waals surface area contributed by atoms with E-state index in [1.54, 1.807) is 23.3 Å². The van der Waals surface area contributed by atoms with Crippen molar-refractivity contribution in [3.63, 3.8) is 0 Å². The molecule has 1 aromatic rings. The number of hydrogen-bond acceptors (Lipinski definition) is 6. The summed E-state index contributed by atoms with van der Waals surface area (Å²) in [7, 11) is 0. The Morgan fingerprint density at radius 3 is 2.42 bits per heavy atom. The lowest BCUT2D eigenvalue weighted by Gasteiger charge is -2.69. The van der Waals surface area contributed by atoms with Crippen molar-refractivity contribution in [1.29, 1.82) is 5.26 Å². The fourth-order valence-electron chi connectivity index (χ4n) is 10.3. The summed E-state index contributed by atoms with van der Waals surface area (Å²) in [4.78, 5) is 27.9. The zero-order valence-corrected chi connectivity index (χ0v) is 26.8. The predicted molar refractivity (Wildman–Crippen MR) is 163 cm³/mol. The van der Waals surface area contributed by atoms with E-state index >= 15 is 0 Å². The second kappa shape index (κ2) is 8.91. The van der Waals surface area contributed by atoms with E-state index < -0.39 is 10.8 Å². The molecule has 40 heavy (non-hydrogen) atoms. The van der Waals surface area contributed by atoms with E-state index in [-0.39, 0.29) is 56.7 Å². The number of allylic oxidation sites excluding steroid dienone is 4. The molecule has 2 unspecified atom stereocenters. The van der Waals surface area contributed by atoms with Gasteiger partial charge < -0.3 is 0 Å². The largest absolute Gasteiger partial charge is 0.295 e. The monoisotopic (exact) mass is 576 g/mol. The average Bonchev–Trinajstić information content (AvgIpc) is 3.41. The third kappa shape index (κ3) is 3.72. The Labute approximate surface area is 248 Å². The molecule has 0 bridgehead atoms. The van der Waals surface area contributed by atoms with Crippen molar-refractivity contribution in [1.82, 2.24) is 4.72 Å². The number of nitrogens with zero attached hydrogens (tertiary/aromatic N) is 1. The third-order valence-electron chi connectivity index (χ3n) is 12.7. The average molecular weight is 577 g/mol. The van der Waals surface area contributed by atoms with Gasteiger partial charge in [-0.05, 0) is 102 Å². The van der Waals surface area contributed by atoms with Crippen molar-refractivity contribution >= 4 is 34.9 Å². The Hall–Kier alpha value is -1.68. The number of fused-ring (bicyclic) bond motifs is 7. The number of rotatable bonds is 3. The minimum absolute atomic E-state index is 0.0381. The van der Waals surface area contributed by atoms with E-state index in [4.69, 9.17) is 0 Å². The lowest BCUT2D eigenvalue weighted by Crippen LogP contribution is -2.68. The molecule has 0 aromatic carbocycles. The van der Waals surface area contributed by atoms with E-state index in [2.05, 4.69) is 62.9 Å². The molecule has 0 spiro atoms. The zero-order valence-electron chi connectivity index (χ0n) is 25.1. The molecule has 3 fully saturated rings. The summed E-state index contributed by atoms with van der Waals surface area (Å²) in [6, 6.07) is 6.50. The molecular weight excluding hydrogens is 533 g/mol. The summed E-state index contributed by atoms with van der Waals surface area (Å²) < 4.78 is 5.26. The maximum Gasteiger partial charge on any atom is 0.178 e. The van der Waals surface area contributed by atoms with Crippen LogP contribution < -0.4 is 4.72 Å². The summed E-state index contributed by atoms with van der Waals surface area (Å²) in [5, 5.41) is 12.1. The second-order valence-electron chi connectivity index (χ2n) is 15.5. The number of thiophene rings is 1. The van der Waals surface area contributed by atoms with Gasteiger partial charge in [0.05, 0.1) is 9.78 Å². The van der Waals surface area contributed by atoms with Crippen molar-refractivity contribution in [2.24, 2.45) is 44.8 Å². The molecule has 5 aliphatic rings. The van der Waals surface area contributed by atoms with E-state index in [1.807, 2.05) is 26.0 Å². The maximum absolute atomic E-state index is 14.6. The molecule has 0 radical (unpaired) electrons. The first-order chi connectivity index (χ1) is 18.6. The van der Waals surface area contributed by atoms with Gasteiger partial charge in [0.1, 0.15) is 6.07 Å². The van der Waals surface area contributed by atoms with Gasteiger partial charge in [0.15, 0.2) is 11.6 Å². The Bertz CT molecular complexity index is 1370. The summed E-state index contributed by atoms with van der Waals surface area (Å²) in [5.41, 5.74) is 0.137. The van der Waals surface area contributed by atoms with Gasteiger partial charge >= 0.3 is 0 Å². The lowest BCUT2D eigenvalue weighted by molar-refractivity contribution is -0.159.